The smallest absolute Gasteiger partial charge is 0.191 e. The van der Waals surface area contributed by atoms with E-state index >= 15 is 0 Å². The quantitative estimate of drug-likeness (QED) is 0.332. The van der Waals surface area contributed by atoms with Gasteiger partial charge < -0.3 is 10.6 Å². The molecule has 0 radical (unpaired) electrons. The number of likely N-dealkylation sites (tertiary alicyclic amines) is 1. The number of rotatable bonds is 6. The molecule has 0 saturated carbocycles. The summed E-state index contributed by atoms with van der Waals surface area (Å²) in [5.41, 5.74) is 1.85. The van der Waals surface area contributed by atoms with E-state index in [1.807, 2.05) is 19.1 Å². The predicted octanol–water partition coefficient (Wildman–Crippen LogP) is 3.19. The summed E-state index contributed by atoms with van der Waals surface area (Å²) in [6.45, 7) is 12.4. The number of benzene rings is 1. The number of sulfone groups is 1. The van der Waals surface area contributed by atoms with Crippen molar-refractivity contribution >= 4 is 39.8 Å². The summed E-state index contributed by atoms with van der Waals surface area (Å²) in [6, 6.07) is 5.44. The molecule has 1 aromatic rings. The van der Waals surface area contributed by atoms with Gasteiger partial charge in [0, 0.05) is 38.5 Å². The Labute approximate surface area is 193 Å². The Balaban J connectivity index is 0.00000420. The molecular formula is C21H37IN4O2S. The van der Waals surface area contributed by atoms with Crippen molar-refractivity contribution in [1.82, 2.24) is 15.5 Å². The molecule has 0 spiro atoms. The van der Waals surface area contributed by atoms with Crippen molar-refractivity contribution in [3.63, 3.8) is 0 Å². The largest absolute Gasteiger partial charge is 0.355 e. The lowest BCUT2D eigenvalue weighted by Crippen LogP contribution is -2.55. The van der Waals surface area contributed by atoms with Crippen LogP contribution in [0.2, 0.25) is 0 Å². The van der Waals surface area contributed by atoms with Gasteiger partial charge in [0.2, 0.25) is 0 Å². The Morgan fingerprint density at radius 1 is 1.31 bits per heavy atom. The average molecular weight is 537 g/mol. The van der Waals surface area contributed by atoms with Gasteiger partial charge in [-0.1, -0.05) is 19.1 Å². The van der Waals surface area contributed by atoms with Gasteiger partial charge in [-0.05, 0) is 63.3 Å². The number of halogens is 1. The van der Waals surface area contributed by atoms with Crippen molar-refractivity contribution in [3.05, 3.63) is 29.3 Å². The summed E-state index contributed by atoms with van der Waals surface area (Å²) in [7, 11) is -1.42. The van der Waals surface area contributed by atoms with Crippen molar-refractivity contribution in [1.29, 1.82) is 0 Å². The van der Waals surface area contributed by atoms with Crippen molar-refractivity contribution in [2.75, 3.05) is 32.9 Å². The molecule has 1 fully saturated rings. The maximum absolute atomic E-state index is 11.8. The number of nitrogens with one attached hydrogen (secondary N) is 2. The lowest BCUT2D eigenvalue weighted by atomic mass is 9.93. The molecule has 1 aromatic carbocycles. The number of piperidine rings is 1. The highest BCUT2D eigenvalue weighted by atomic mass is 127. The van der Waals surface area contributed by atoms with Crippen molar-refractivity contribution < 1.29 is 8.42 Å². The first-order chi connectivity index (χ1) is 13.0. The predicted molar refractivity (Wildman–Crippen MR) is 132 cm³/mol. The molecule has 1 saturated heterocycles. The first kappa shape index (κ1) is 26.2. The molecule has 6 nitrogen and oxygen atoms in total. The minimum atomic E-state index is -3.19. The van der Waals surface area contributed by atoms with Crippen molar-refractivity contribution in [2.24, 2.45) is 10.9 Å². The van der Waals surface area contributed by atoms with Gasteiger partial charge in [0.05, 0.1) is 4.90 Å². The molecule has 29 heavy (non-hydrogen) atoms. The Morgan fingerprint density at radius 2 is 2.00 bits per heavy atom. The van der Waals surface area contributed by atoms with E-state index in [0.29, 0.717) is 11.4 Å². The molecule has 1 aliphatic rings. The molecular weight excluding hydrogens is 499 g/mol. The lowest BCUT2D eigenvalue weighted by Gasteiger charge is -2.43. The fourth-order valence-corrected chi connectivity index (χ4v) is 4.75. The Kier molecular flexibility index (Phi) is 9.88. The summed E-state index contributed by atoms with van der Waals surface area (Å²) >= 11 is 0. The van der Waals surface area contributed by atoms with Gasteiger partial charge in [-0.3, -0.25) is 9.89 Å². The van der Waals surface area contributed by atoms with E-state index in [2.05, 4.69) is 41.3 Å². The van der Waals surface area contributed by atoms with Crippen LogP contribution in [-0.4, -0.2) is 57.8 Å². The highest BCUT2D eigenvalue weighted by Crippen LogP contribution is 2.23. The minimum Gasteiger partial charge on any atom is -0.355 e. The van der Waals surface area contributed by atoms with E-state index in [-0.39, 0.29) is 29.5 Å². The van der Waals surface area contributed by atoms with Crippen molar-refractivity contribution in [2.45, 2.75) is 57.5 Å². The number of hydrogen-bond acceptors (Lipinski definition) is 4. The molecule has 1 atom stereocenters. The van der Waals surface area contributed by atoms with Crippen LogP contribution in [-0.2, 0) is 16.4 Å². The molecule has 0 bridgehead atoms. The van der Waals surface area contributed by atoms with E-state index in [0.717, 1.165) is 42.6 Å². The lowest BCUT2D eigenvalue weighted by molar-refractivity contribution is 0.0739. The van der Waals surface area contributed by atoms with Crippen molar-refractivity contribution in [3.8, 4) is 0 Å². The summed E-state index contributed by atoms with van der Waals surface area (Å²) in [4.78, 5) is 7.28. The number of guanidine groups is 1. The van der Waals surface area contributed by atoms with Gasteiger partial charge in [0.15, 0.2) is 15.8 Å². The van der Waals surface area contributed by atoms with Gasteiger partial charge >= 0.3 is 0 Å². The molecule has 166 valence electrons. The van der Waals surface area contributed by atoms with Gasteiger partial charge in [0.25, 0.3) is 0 Å². The monoisotopic (exact) mass is 536 g/mol. The molecule has 1 unspecified atom stereocenters. The number of hydrogen-bond donors (Lipinski definition) is 2. The third kappa shape index (κ3) is 7.71. The Morgan fingerprint density at radius 3 is 2.55 bits per heavy atom. The number of nitrogens with zero attached hydrogens (tertiary/aromatic N) is 2. The molecule has 0 amide bonds. The summed E-state index contributed by atoms with van der Waals surface area (Å²) in [5.74, 6) is 1.51. The molecule has 8 heteroatoms. The van der Waals surface area contributed by atoms with Gasteiger partial charge in [-0.15, -0.1) is 24.0 Å². The first-order valence-corrected chi connectivity index (χ1v) is 11.9. The fraction of sp³-hybridized carbons (Fsp3) is 0.667. The van der Waals surface area contributed by atoms with Crippen LogP contribution in [0, 0.1) is 12.8 Å². The van der Waals surface area contributed by atoms with E-state index in [1.54, 1.807) is 13.1 Å². The maximum Gasteiger partial charge on any atom is 0.191 e. The molecule has 0 aromatic heterocycles. The van der Waals surface area contributed by atoms with Crippen LogP contribution in [0.15, 0.2) is 28.1 Å². The van der Waals surface area contributed by atoms with Crippen LogP contribution in [0.4, 0.5) is 0 Å². The zero-order chi connectivity index (χ0) is 20.9. The highest BCUT2D eigenvalue weighted by molar-refractivity contribution is 14.0. The van der Waals surface area contributed by atoms with Crippen LogP contribution in [0.1, 0.15) is 44.7 Å². The number of aryl methyl sites for hydroxylation is 1. The molecule has 2 rings (SSSR count). The van der Waals surface area contributed by atoms with Gasteiger partial charge in [0.1, 0.15) is 0 Å². The zero-order valence-electron chi connectivity index (χ0n) is 18.6. The highest BCUT2D eigenvalue weighted by Gasteiger charge is 2.30. The normalized spacial score (nSPS) is 18.8. The van der Waals surface area contributed by atoms with Gasteiger partial charge in [-0.25, -0.2) is 8.42 Å². The molecule has 1 heterocycles. The number of aliphatic imine (C=N–C) groups is 1. The summed E-state index contributed by atoms with van der Waals surface area (Å²) in [6.07, 6.45) is 3.82. The average Bonchev–Trinajstić information content (AvgIpc) is 2.61. The van der Waals surface area contributed by atoms with E-state index in [1.165, 1.54) is 19.1 Å². The topological polar surface area (TPSA) is 73.8 Å². The van der Waals surface area contributed by atoms with Crippen LogP contribution in [0.3, 0.4) is 0 Å². The van der Waals surface area contributed by atoms with Crippen LogP contribution in [0.25, 0.3) is 0 Å². The fourth-order valence-electron chi connectivity index (χ4n) is 3.79. The maximum atomic E-state index is 11.8. The second-order valence-electron chi connectivity index (χ2n) is 8.66. The second-order valence-corrected chi connectivity index (χ2v) is 10.6. The van der Waals surface area contributed by atoms with Gasteiger partial charge in [-0.2, -0.15) is 0 Å². The Bertz CT molecular complexity index is 809. The third-order valence-corrected chi connectivity index (χ3v) is 6.78. The van der Waals surface area contributed by atoms with Crippen LogP contribution in [0.5, 0.6) is 0 Å². The van der Waals surface area contributed by atoms with Crippen LogP contribution >= 0.6 is 24.0 Å². The zero-order valence-corrected chi connectivity index (χ0v) is 21.7. The van der Waals surface area contributed by atoms with E-state index in [9.17, 15) is 8.42 Å². The Hall–Kier alpha value is -0.870. The molecule has 0 aliphatic carbocycles. The third-order valence-electron chi connectivity index (χ3n) is 5.52. The van der Waals surface area contributed by atoms with E-state index < -0.39 is 9.84 Å². The van der Waals surface area contributed by atoms with E-state index in [4.69, 9.17) is 0 Å². The first-order valence-electron chi connectivity index (χ1n) is 10.0. The second kappa shape index (κ2) is 10.9. The summed E-state index contributed by atoms with van der Waals surface area (Å²) in [5, 5.41) is 6.77. The van der Waals surface area contributed by atoms with Crippen LogP contribution < -0.4 is 10.6 Å². The minimum absolute atomic E-state index is 0. The standard InChI is InChI=1S/C21H36N4O2S.HI/c1-16-8-7-11-25(14-16)21(3,4)15-24-20(22-5)23-13-18-9-10-19(17(2)12-18)28(6,26)27;/h9-10,12,16H,7-8,11,13-15H2,1-6H3,(H2,22,23,24);1H. The molecule has 2 N–H and O–H groups in total. The summed E-state index contributed by atoms with van der Waals surface area (Å²) < 4.78 is 23.5. The molecule has 1 aliphatic heterocycles. The SMILES string of the molecule is CN=C(NCc1ccc(S(C)(=O)=O)c(C)c1)NCC(C)(C)N1CCCC(C)C1.I.